The fraction of sp³-hybridized carbons (Fsp3) is 0.294. The van der Waals surface area contributed by atoms with E-state index in [-0.39, 0.29) is 10.8 Å². The lowest BCUT2D eigenvalue weighted by Gasteiger charge is -2.47. The molecule has 0 saturated carbocycles. The molecule has 0 radical (unpaired) electrons. The average Bonchev–Trinajstić information content (AvgIpc) is 3.52. The average molecular weight is 743 g/mol. The van der Waals surface area contributed by atoms with Crippen molar-refractivity contribution < 1.29 is 23.7 Å². The summed E-state index contributed by atoms with van der Waals surface area (Å²) in [7, 11) is 6.88. The molecular formula is C51H50O5. The van der Waals surface area contributed by atoms with E-state index in [1.807, 2.05) is 36.4 Å². The van der Waals surface area contributed by atoms with Gasteiger partial charge in [-0.3, -0.25) is 0 Å². The van der Waals surface area contributed by atoms with E-state index in [1.165, 1.54) is 38.8 Å². The molecule has 5 nitrogen and oxygen atoms in total. The monoisotopic (exact) mass is 742 g/mol. The van der Waals surface area contributed by atoms with Crippen LogP contribution in [-0.2, 0) is 11.0 Å². The van der Waals surface area contributed by atoms with Crippen LogP contribution < -0.4 is 23.7 Å². The third kappa shape index (κ3) is 5.42. The van der Waals surface area contributed by atoms with Gasteiger partial charge in [-0.15, -0.1) is 0 Å². The van der Waals surface area contributed by atoms with E-state index in [4.69, 9.17) is 23.7 Å². The van der Waals surface area contributed by atoms with Crippen molar-refractivity contribution in [3.63, 3.8) is 0 Å². The maximum absolute atomic E-state index is 7.80. The number of fused-ring (bicyclic) bond motifs is 6. The Morgan fingerprint density at radius 3 is 1.86 bits per heavy atom. The predicted octanol–water partition coefficient (Wildman–Crippen LogP) is 12.5. The topological polar surface area (TPSA) is 46.2 Å². The highest BCUT2D eigenvalue weighted by molar-refractivity contribution is 6.12. The molecule has 0 N–H and O–H groups in total. The fourth-order valence-electron chi connectivity index (χ4n) is 10.4. The van der Waals surface area contributed by atoms with Crippen LogP contribution in [0.3, 0.4) is 0 Å². The van der Waals surface area contributed by atoms with Gasteiger partial charge in [-0.25, -0.2) is 0 Å². The van der Waals surface area contributed by atoms with Crippen LogP contribution in [0, 0.1) is 5.41 Å². The molecule has 9 rings (SSSR count). The van der Waals surface area contributed by atoms with Crippen molar-refractivity contribution in [2.45, 2.75) is 63.9 Å². The molecule has 6 aromatic carbocycles. The van der Waals surface area contributed by atoms with Crippen LogP contribution in [0.5, 0.6) is 28.7 Å². The van der Waals surface area contributed by atoms with Gasteiger partial charge in [0.05, 0.1) is 28.4 Å². The summed E-state index contributed by atoms with van der Waals surface area (Å²) in [5.41, 5.74) is 11.3. The van der Waals surface area contributed by atoms with Crippen molar-refractivity contribution in [1.82, 2.24) is 0 Å². The molecule has 6 aromatic rings. The number of allylic oxidation sites excluding steroid dienone is 1. The molecule has 284 valence electrons. The highest BCUT2D eigenvalue weighted by atomic mass is 16.5. The van der Waals surface area contributed by atoms with Crippen LogP contribution in [0.2, 0.25) is 0 Å². The number of hydrogen-bond acceptors (Lipinski definition) is 5. The van der Waals surface area contributed by atoms with E-state index >= 15 is 0 Å². The smallest absolute Gasteiger partial charge is 0.178 e. The molecule has 0 saturated heterocycles. The molecule has 2 aliphatic carbocycles. The van der Waals surface area contributed by atoms with Gasteiger partial charge >= 0.3 is 0 Å². The number of hydrogen-bond donors (Lipinski definition) is 0. The zero-order valence-electron chi connectivity index (χ0n) is 33.5. The first-order valence-corrected chi connectivity index (χ1v) is 19.9. The lowest BCUT2D eigenvalue weighted by Crippen LogP contribution is -2.39. The standard InChI is InChI=1S/C51H50O5/c1-8-26-49(2,3)31-50-27-25-33-30-51(34-15-21-37(53-5)22-16-34,35-17-23-38(54-6)24-18-35)56-48-42-29-44(55-7)40(32-13-19-36(52-4)20-14-32)28-41(42)46(47(50)45(33)48)39-11-9-10-12-43(39)50/h9-24,28-30H,8,25-27,31H2,1-7H3. The minimum absolute atomic E-state index is 0.131. The molecule has 0 spiro atoms. The van der Waals surface area contributed by atoms with Gasteiger partial charge in [-0.05, 0) is 124 Å². The Hall–Kier alpha value is -5.68. The summed E-state index contributed by atoms with van der Waals surface area (Å²) in [5.74, 6) is 4.13. The van der Waals surface area contributed by atoms with Gasteiger partial charge in [0.1, 0.15) is 28.7 Å². The summed E-state index contributed by atoms with van der Waals surface area (Å²) in [6.45, 7) is 7.24. The van der Waals surface area contributed by atoms with Gasteiger partial charge in [0.15, 0.2) is 5.60 Å². The first-order valence-electron chi connectivity index (χ1n) is 19.9. The van der Waals surface area contributed by atoms with Crippen molar-refractivity contribution in [1.29, 1.82) is 0 Å². The Labute approximate surface area is 330 Å². The molecule has 0 fully saturated rings. The van der Waals surface area contributed by atoms with Crippen LogP contribution in [-0.4, -0.2) is 28.4 Å². The largest absolute Gasteiger partial charge is 0.497 e. The third-order valence-electron chi connectivity index (χ3n) is 12.7. The van der Waals surface area contributed by atoms with Gasteiger partial charge in [-0.1, -0.05) is 87.9 Å². The lowest BCUT2D eigenvalue weighted by molar-refractivity contribution is 0.159. The second kappa shape index (κ2) is 13.5. The van der Waals surface area contributed by atoms with Crippen LogP contribution in [0.1, 0.15) is 80.7 Å². The van der Waals surface area contributed by atoms with Crippen LogP contribution in [0.25, 0.3) is 38.6 Å². The number of rotatable bonds is 11. The van der Waals surface area contributed by atoms with Crippen molar-refractivity contribution in [3.8, 4) is 51.0 Å². The molecular weight excluding hydrogens is 693 g/mol. The summed E-state index contributed by atoms with van der Waals surface area (Å²) >= 11 is 0. The minimum Gasteiger partial charge on any atom is -0.497 e. The van der Waals surface area contributed by atoms with E-state index in [0.29, 0.717) is 0 Å². The van der Waals surface area contributed by atoms with Gasteiger partial charge in [0, 0.05) is 33.1 Å². The van der Waals surface area contributed by atoms with Crippen molar-refractivity contribution >= 4 is 16.3 Å². The van der Waals surface area contributed by atoms with Crippen LogP contribution >= 0.6 is 0 Å². The van der Waals surface area contributed by atoms with Crippen LogP contribution in [0.4, 0.5) is 0 Å². The second-order valence-electron chi connectivity index (χ2n) is 16.5. The molecule has 5 heteroatoms. The number of methoxy groups -OCH3 is 4. The summed E-state index contributed by atoms with van der Waals surface area (Å²) < 4.78 is 30.9. The molecule has 56 heavy (non-hydrogen) atoms. The van der Waals surface area contributed by atoms with Gasteiger partial charge < -0.3 is 23.7 Å². The highest BCUT2D eigenvalue weighted by Crippen LogP contribution is 2.67. The van der Waals surface area contributed by atoms with E-state index in [2.05, 4.69) is 99.6 Å². The Bertz CT molecular complexity index is 2440. The Morgan fingerprint density at radius 2 is 1.27 bits per heavy atom. The zero-order chi connectivity index (χ0) is 38.8. The molecule has 1 unspecified atom stereocenters. The van der Waals surface area contributed by atoms with E-state index < -0.39 is 5.60 Å². The lowest BCUT2D eigenvalue weighted by atomic mass is 9.59. The SMILES string of the molecule is CCCC(C)(C)CC12CCC3=CC(c4ccc(OC)cc4)(c4ccc(OC)cc4)Oc4c3c1c(c1cc(-c3ccc(OC)cc3)c(OC)cc41)-c1ccccc12. The van der Waals surface area contributed by atoms with Gasteiger partial charge in [0.2, 0.25) is 0 Å². The van der Waals surface area contributed by atoms with Gasteiger partial charge in [-0.2, -0.15) is 0 Å². The molecule has 0 bridgehead atoms. The molecule has 1 heterocycles. The maximum Gasteiger partial charge on any atom is 0.178 e. The Balaban J connectivity index is 1.40. The molecule has 3 aliphatic rings. The molecule has 1 aliphatic heterocycles. The van der Waals surface area contributed by atoms with Crippen molar-refractivity contribution in [2.24, 2.45) is 5.41 Å². The predicted molar refractivity (Wildman–Crippen MR) is 227 cm³/mol. The van der Waals surface area contributed by atoms with Crippen molar-refractivity contribution in [3.05, 3.63) is 143 Å². The summed E-state index contributed by atoms with van der Waals surface area (Å²) in [6.07, 6.45) is 7.75. The number of ether oxygens (including phenoxy) is 5. The van der Waals surface area contributed by atoms with E-state index in [1.54, 1.807) is 28.4 Å². The Morgan fingerprint density at radius 1 is 0.661 bits per heavy atom. The fourth-order valence-corrected chi connectivity index (χ4v) is 10.4. The molecule has 0 amide bonds. The minimum atomic E-state index is -0.920. The van der Waals surface area contributed by atoms with E-state index in [9.17, 15) is 0 Å². The third-order valence-corrected chi connectivity index (χ3v) is 12.7. The first-order chi connectivity index (χ1) is 27.2. The zero-order valence-corrected chi connectivity index (χ0v) is 33.5. The molecule has 0 aromatic heterocycles. The quantitative estimate of drug-likeness (QED) is 0.132. The second-order valence-corrected chi connectivity index (χ2v) is 16.5. The van der Waals surface area contributed by atoms with E-state index in [0.717, 1.165) is 88.5 Å². The summed E-state index contributed by atoms with van der Waals surface area (Å²) in [4.78, 5) is 0. The molecule has 1 atom stereocenters. The highest BCUT2D eigenvalue weighted by Gasteiger charge is 2.53. The maximum atomic E-state index is 7.80. The van der Waals surface area contributed by atoms with Crippen molar-refractivity contribution in [2.75, 3.05) is 28.4 Å². The summed E-state index contributed by atoms with van der Waals surface area (Å²) in [5, 5.41) is 2.22. The first kappa shape index (κ1) is 36.0. The Kier molecular flexibility index (Phi) is 8.68. The normalized spacial score (nSPS) is 17.4. The van der Waals surface area contributed by atoms with Gasteiger partial charge in [0.25, 0.3) is 0 Å². The van der Waals surface area contributed by atoms with Crippen LogP contribution in [0.15, 0.2) is 115 Å². The number of benzene rings is 6. The summed E-state index contributed by atoms with van der Waals surface area (Å²) in [6, 6.07) is 38.7.